The Morgan fingerprint density at radius 3 is 2.43 bits per heavy atom. The van der Waals surface area contributed by atoms with Crippen LogP contribution in [0.25, 0.3) is 0 Å². The molecule has 1 N–H and O–H groups in total. The average Bonchev–Trinajstić information content (AvgIpc) is 2.88. The van der Waals surface area contributed by atoms with Gasteiger partial charge in [-0.05, 0) is 24.6 Å². The summed E-state index contributed by atoms with van der Waals surface area (Å²) >= 11 is 12.0. The number of halogens is 2. The van der Waals surface area contributed by atoms with E-state index >= 15 is 0 Å². The molecule has 0 fully saturated rings. The molecule has 0 spiro atoms. The molecule has 0 unspecified atom stereocenters. The highest BCUT2D eigenvalue weighted by molar-refractivity contribution is 7.92. The summed E-state index contributed by atoms with van der Waals surface area (Å²) in [6.07, 6.45) is 5.93. The van der Waals surface area contributed by atoms with E-state index in [0.29, 0.717) is 28.6 Å². The van der Waals surface area contributed by atoms with Gasteiger partial charge in [0.1, 0.15) is 12.4 Å². The first-order valence-corrected chi connectivity index (χ1v) is 9.26. The first-order valence-electron chi connectivity index (χ1n) is 6.89. The van der Waals surface area contributed by atoms with E-state index in [1.807, 2.05) is 34.9 Å². The van der Waals surface area contributed by atoms with Gasteiger partial charge in [0.25, 0.3) is 10.0 Å². The zero-order valence-corrected chi connectivity index (χ0v) is 15.1. The fraction of sp³-hybridized carbons (Fsp3) is 0.357. The molecule has 0 amide bonds. The lowest BCUT2D eigenvalue weighted by atomic mass is 10.2. The summed E-state index contributed by atoms with van der Waals surface area (Å²) in [6.45, 7) is 2.24. The van der Waals surface area contributed by atoms with E-state index < -0.39 is 10.0 Å². The minimum absolute atomic E-state index is 0.0259. The van der Waals surface area contributed by atoms with E-state index in [2.05, 4.69) is 0 Å². The largest absolute Gasteiger partial charge is 0.274 e. The number of hydrogen-bond acceptors (Lipinski definition) is 3. The van der Waals surface area contributed by atoms with Gasteiger partial charge < -0.3 is 0 Å². The van der Waals surface area contributed by atoms with Gasteiger partial charge in [-0.3, -0.25) is 5.21 Å². The maximum absolute atomic E-state index is 12.2. The third-order valence-electron chi connectivity index (χ3n) is 3.39. The van der Waals surface area contributed by atoms with Gasteiger partial charge in [0.15, 0.2) is 0 Å². The lowest BCUT2D eigenvalue weighted by Crippen LogP contribution is -2.30. The second kappa shape index (κ2) is 7.09. The van der Waals surface area contributed by atoms with Crippen LogP contribution < -0.4 is 9.04 Å². The Morgan fingerprint density at radius 1 is 1.30 bits per heavy atom. The zero-order valence-electron chi connectivity index (χ0n) is 12.8. The predicted molar refractivity (Wildman–Crippen MR) is 89.5 cm³/mol. The molecule has 0 bridgehead atoms. The molecule has 0 aliphatic rings. The first kappa shape index (κ1) is 18.1. The molecule has 2 aromatic rings. The van der Waals surface area contributed by atoms with Crippen LogP contribution in [0.3, 0.4) is 0 Å². The van der Waals surface area contributed by atoms with E-state index in [0.717, 1.165) is 0 Å². The Morgan fingerprint density at radius 2 is 1.91 bits per heavy atom. The maximum Gasteiger partial charge on any atom is 0.257 e. The number of anilines is 1. The van der Waals surface area contributed by atoms with E-state index in [9.17, 15) is 13.6 Å². The predicted octanol–water partition coefficient (Wildman–Crippen LogP) is 2.54. The SMILES string of the molecule is Cc1c(Cl)cc(N(O)S(=O)(=O)CCCn2cc[n+](C)c2)cc1Cl. The summed E-state index contributed by atoms with van der Waals surface area (Å²) in [5.41, 5.74) is 0.654. The molecule has 9 heteroatoms. The van der Waals surface area contributed by atoms with Crippen LogP contribution in [0.15, 0.2) is 30.9 Å². The lowest BCUT2D eigenvalue weighted by Gasteiger charge is -2.18. The van der Waals surface area contributed by atoms with Crippen LogP contribution in [-0.2, 0) is 23.6 Å². The van der Waals surface area contributed by atoms with E-state index in [4.69, 9.17) is 23.2 Å². The van der Waals surface area contributed by atoms with Crippen molar-refractivity contribution in [3.63, 3.8) is 0 Å². The van der Waals surface area contributed by atoms with Crippen LogP contribution in [-0.4, -0.2) is 23.9 Å². The summed E-state index contributed by atoms with van der Waals surface area (Å²) in [5, 5.41) is 10.6. The number of imidazole rings is 1. The number of hydrogen-bond donors (Lipinski definition) is 1. The van der Waals surface area contributed by atoms with Crippen molar-refractivity contribution in [1.29, 1.82) is 0 Å². The van der Waals surface area contributed by atoms with Crippen LogP contribution in [0.2, 0.25) is 10.0 Å². The topological polar surface area (TPSA) is 66.4 Å². The van der Waals surface area contributed by atoms with Gasteiger partial charge in [-0.15, -0.1) is 4.47 Å². The van der Waals surface area contributed by atoms with Crippen LogP contribution >= 0.6 is 23.2 Å². The zero-order chi connectivity index (χ0) is 17.2. The highest BCUT2D eigenvalue weighted by Gasteiger charge is 2.22. The fourth-order valence-electron chi connectivity index (χ4n) is 2.05. The normalized spacial score (nSPS) is 11.7. The van der Waals surface area contributed by atoms with Crippen molar-refractivity contribution in [3.8, 4) is 0 Å². The molecule has 1 aromatic heterocycles. The molecule has 6 nitrogen and oxygen atoms in total. The van der Waals surface area contributed by atoms with Crippen molar-refractivity contribution in [2.75, 3.05) is 10.2 Å². The molecule has 0 aliphatic heterocycles. The van der Waals surface area contributed by atoms with Crippen molar-refractivity contribution in [2.24, 2.45) is 7.05 Å². The Kier molecular flexibility index (Phi) is 5.57. The molecule has 1 aromatic carbocycles. The van der Waals surface area contributed by atoms with Gasteiger partial charge in [0.05, 0.1) is 25.0 Å². The second-order valence-electron chi connectivity index (χ2n) is 5.26. The number of benzene rings is 1. The third-order valence-corrected chi connectivity index (χ3v) is 5.72. The molecule has 1 heterocycles. The summed E-state index contributed by atoms with van der Waals surface area (Å²) in [5.74, 6) is -0.200. The summed E-state index contributed by atoms with van der Waals surface area (Å²) < 4.78 is 28.4. The van der Waals surface area contributed by atoms with Crippen LogP contribution in [0, 0.1) is 6.92 Å². The minimum Gasteiger partial charge on any atom is -0.274 e. The molecule has 0 radical (unpaired) electrons. The molecular weight excluding hydrogens is 361 g/mol. The average molecular weight is 379 g/mol. The Labute approximate surface area is 145 Å². The van der Waals surface area contributed by atoms with E-state index in [-0.39, 0.29) is 15.9 Å². The molecule has 23 heavy (non-hydrogen) atoms. The van der Waals surface area contributed by atoms with Crippen molar-refractivity contribution in [1.82, 2.24) is 4.57 Å². The van der Waals surface area contributed by atoms with E-state index in [1.54, 1.807) is 6.92 Å². The number of nitrogens with zero attached hydrogens (tertiary/aromatic N) is 3. The van der Waals surface area contributed by atoms with Crippen LogP contribution in [0.4, 0.5) is 5.69 Å². The Balaban J connectivity index is 2.06. The lowest BCUT2D eigenvalue weighted by molar-refractivity contribution is -0.671. The number of aromatic nitrogens is 2. The summed E-state index contributed by atoms with van der Waals surface area (Å²) in [7, 11) is -1.99. The Hall–Kier alpha value is -1.28. The van der Waals surface area contributed by atoms with Gasteiger partial charge >= 0.3 is 0 Å². The monoisotopic (exact) mass is 378 g/mol. The minimum atomic E-state index is -3.87. The molecule has 0 saturated carbocycles. The molecule has 0 saturated heterocycles. The molecule has 0 atom stereocenters. The molecule has 2 rings (SSSR count). The summed E-state index contributed by atoms with van der Waals surface area (Å²) in [4.78, 5) is 0. The quantitative estimate of drug-likeness (QED) is 0.620. The smallest absolute Gasteiger partial charge is 0.257 e. The number of sulfonamides is 1. The molecular formula is C14H18Cl2N3O3S+. The van der Waals surface area contributed by atoms with Gasteiger partial charge in [-0.25, -0.2) is 17.6 Å². The first-order chi connectivity index (χ1) is 10.7. The van der Waals surface area contributed by atoms with Gasteiger partial charge in [-0.2, -0.15) is 0 Å². The number of rotatable bonds is 6. The van der Waals surface area contributed by atoms with Gasteiger partial charge in [0, 0.05) is 16.5 Å². The standard InChI is InChI=1S/C14H18Cl2N3O3S/c1-11-13(15)8-12(9-14(11)16)19(20)23(21,22)7-3-4-18-6-5-17(2)10-18/h5-6,8-10,20H,3-4,7H2,1-2H3/q+1. The van der Waals surface area contributed by atoms with Crippen LogP contribution in [0.1, 0.15) is 12.0 Å². The van der Waals surface area contributed by atoms with E-state index in [1.165, 1.54) is 12.1 Å². The second-order valence-corrected chi connectivity index (χ2v) is 8.00. The van der Waals surface area contributed by atoms with Crippen molar-refractivity contribution in [3.05, 3.63) is 46.5 Å². The van der Waals surface area contributed by atoms with Crippen molar-refractivity contribution >= 4 is 38.9 Å². The molecule has 0 aliphatic carbocycles. The van der Waals surface area contributed by atoms with Crippen molar-refractivity contribution < 1.29 is 18.2 Å². The van der Waals surface area contributed by atoms with Gasteiger partial charge in [0.2, 0.25) is 6.33 Å². The van der Waals surface area contributed by atoms with Crippen LogP contribution in [0.5, 0.6) is 0 Å². The van der Waals surface area contributed by atoms with Gasteiger partial charge in [-0.1, -0.05) is 23.2 Å². The highest BCUT2D eigenvalue weighted by atomic mass is 35.5. The number of aryl methyl sites for hydroxylation is 2. The maximum atomic E-state index is 12.2. The summed E-state index contributed by atoms with van der Waals surface area (Å²) in [6, 6.07) is 2.73. The molecule has 126 valence electrons. The van der Waals surface area contributed by atoms with Crippen molar-refractivity contribution in [2.45, 2.75) is 19.9 Å². The fourth-order valence-corrected chi connectivity index (χ4v) is 3.62. The third kappa shape index (κ3) is 4.38. The highest BCUT2D eigenvalue weighted by Crippen LogP contribution is 2.30. The Bertz CT molecular complexity index is 782.